The summed E-state index contributed by atoms with van der Waals surface area (Å²) < 4.78 is 4.90. The Morgan fingerprint density at radius 1 is 0.963 bits per heavy atom. The predicted molar refractivity (Wildman–Crippen MR) is 103 cm³/mol. The SMILES string of the molecule is CC1=C(C)C(C)=[C]([Hf+2][CH]2C(n3cc(C)cc3C)=Cc3ccccc32)C1.[Cl-].[Cl-]. The van der Waals surface area contributed by atoms with E-state index < -0.39 is 22.9 Å². The van der Waals surface area contributed by atoms with Gasteiger partial charge in [0.1, 0.15) is 0 Å². The normalized spacial score (nSPS) is 18.0. The topological polar surface area (TPSA) is 4.93 Å². The minimum absolute atomic E-state index is 0. The summed E-state index contributed by atoms with van der Waals surface area (Å²) in [4.78, 5) is 0. The van der Waals surface area contributed by atoms with E-state index in [-0.39, 0.29) is 24.8 Å². The van der Waals surface area contributed by atoms with Crippen LogP contribution in [-0.4, -0.2) is 4.57 Å². The Hall–Kier alpha value is -0.830. The Morgan fingerprint density at radius 2 is 1.67 bits per heavy atom. The molecule has 2 aromatic rings. The third kappa shape index (κ3) is 3.99. The molecule has 1 aromatic heterocycles. The van der Waals surface area contributed by atoms with Crippen molar-refractivity contribution >= 4 is 11.8 Å². The summed E-state index contributed by atoms with van der Waals surface area (Å²) in [6.07, 6.45) is 5.99. The molecule has 4 heteroatoms. The van der Waals surface area contributed by atoms with Gasteiger partial charge < -0.3 is 24.8 Å². The second-order valence-electron chi connectivity index (χ2n) is 7.49. The fraction of sp³-hybridized carbons (Fsp3) is 0.304. The van der Waals surface area contributed by atoms with E-state index in [1.54, 1.807) is 22.3 Å². The van der Waals surface area contributed by atoms with Crippen molar-refractivity contribution in [2.24, 2.45) is 0 Å². The van der Waals surface area contributed by atoms with Crippen molar-refractivity contribution in [2.45, 2.75) is 44.7 Å². The molecule has 0 N–H and O–H groups in total. The zero-order chi connectivity index (χ0) is 17.7. The van der Waals surface area contributed by atoms with Crippen LogP contribution in [0.5, 0.6) is 0 Å². The van der Waals surface area contributed by atoms with Gasteiger partial charge in [-0.3, -0.25) is 0 Å². The van der Waals surface area contributed by atoms with Gasteiger partial charge in [0.25, 0.3) is 0 Å². The fourth-order valence-corrected chi connectivity index (χ4v) is 11.0. The van der Waals surface area contributed by atoms with Crippen LogP contribution in [0.4, 0.5) is 0 Å². The molecule has 0 saturated carbocycles. The second-order valence-corrected chi connectivity index (χ2v) is 12.8. The Balaban J connectivity index is 0.00000131. The summed E-state index contributed by atoms with van der Waals surface area (Å²) in [6, 6.07) is 11.3. The fourth-order valence-electron chi connectivity index (χ4n) is 4.10. The molecule has 4 rings (SSSR count). The van der Waals surface area contributed by atoms with Crippen LogP contribution in [0.3, 0.4) is 0 Å². The van der Waals surface area contributed by atoms with E-state index in [1.165, 1.54) is 28.9 Å². The summed E-state index contributed by atoms with van der Waals surface area (Å²) in [5, 5.41) is 0. The molecule has 0 radical (unpaired) electrons. The summed E-state index contributed by atoms with van der Waals surface area (Å²) in [7, 11) is 0. The van der Waals surface area contributed by atoms with Gasteiger partial charge in [-0.15, -0.1) is 0 Å². The first-order valence-electron chi connectivity index (χ1n) is 9.05. The molecule has 0 spiro atoms. The van der Waals surface area contributed by atoms with Crippen LogP contribution in [-0.2, 0) is 22.9 Å². The van der Waals surface area contributed by atoms with E-state index >= 15 is 0 Å². The van der Waals surface area contributed by atoms with Gasteiger partial charge in [-0.25, -0.2) is 0 Å². The minimum atomic E-state index is -1.02. The number of hydrogen-bond acceptors (Lipinski definition) is 0. The molecule has 2 aliphatic rings. The molecule has 1 heterocycles. The summed E-state index contributed by atoms with van der Waals surface area (Å²) in [5.41, 5.74) is 12.0. The number of aryl methyl sites for hydroxylation is 2. The van der Waals surface area contributed by atoms with Crippen LogP contribution in [0.1, 0.15) is 53.3 Å². The van der Waals surface area contributed by atoms with Gasteiger partial charge in [0.2, 0.25) is 0 Å². The molecule has 0 aliphatic heterocycles. The van der Waals surface area contributed by atoms with Gasteiger partial charge in [-0.05, 0) is 0 Å². The van der Waals surface area contributed by atoms with Crippen LogP contribution in [0, 0.1) is 13.8 Å². The number of allylic oxidation sites excluding steroid dienone is 5. The number of rotatable bonds is 3. The molecule has 0 bridgehead atoms. The predicted octanol–water partition coefficient (Wildman–Crippen LogP) is 0.262. The first-order valence-corrected chi connectivity index (χ1v) is 12.9. The first kappa shape index (κ1) is 22.5. The van der Waals surface area contributed by atoms with Gasteiger partial charge in [0.15, 0.2) is 0 Å². The maximum absolute atomic E-state index is 2.45. The number of hydrogen-bond donors (Lipinski definition) is 0. The van der Waals surface area contributed by atoms with Gasteiger partial charge in [-0.2, -0.15) is 0 Å². The van der Waals surface area contributed by atoms with Crippen molar-refractivity contribution in [1.29, 1.82) is 0 Å². The Bertz CT molecular complexity index is 963. The van der Waals surface area contributed by atoms with Gasteiger partial charge >= 0.3 is 163 Å². The van der Waals surface area contributed by atoms with Gasteiger partial charge in [-0.1, -0.05) is 0 Å². The number of nitrogens with zero attached hydrogens (tertiary/aromatic N) is 1. The van der Waals surface area contributed by atoms with E-state index in [4.69, 9.17) is 0 Å². The third-order valence-electron chi connectivity index (χ3n) is 5.75. The standard InChI is InChI=1S/C15H14N.C8H11.2ClH.Hf/c1-11-7-12(2)16(10-11)15-8-13-5-3-4-6-14(13)9-15;1-6-4-5-7(2)8(6)3;;;/h3-10H,1-2H3;4H2,1-3H3;2*1H;/q;;;;+2/p-2. The number of fused-ring (bicyclic) bond motifs is 1. The van der Waals surface area contributed by atoms with Crippen LogP contribution in [0.2, 0.25) is 0 Å². The molecule has 0 fully saturated rings. The van der Waals surface area contributed by atoms with Crippen LogP contribution >= 0.6 is 0 Å². The van der Waals surface area contributed by atoms with Crippen LogP contribution in [0.25, 0.3) is 11.8 Å². The Kier molecular flexibility index (Phi) is 7.22. The minimum Gasteiger partial charge on any atom is -1.00 e. The van der Waals surface area contributed by atoms with Crippen molar-refractivity contribution in [3.8, 4) is 0 Å². The zero-order valence-corrected chi connectivity index (χ0v) is 21.6. The van der Waals surface area contributed by atoms with E-state index in [9.17, 15) is 0 Å². The van der Waals surface area contributed by atoms with Crippen molar-refractivity contribution in [3.63, 3.8) is 0 Å². The van der Waals surface area contributed by atoms with Crippen LogP contribution < -0.4 is 24.8 Å². The first-order chi connectivity index (χ1) is 12.0. The largest absolute Gasteiger partial charge is 1.00 e. The average molecular weight is 565 g/mol. The summed E-state index contributed by atoms with van der Waals surface area (Å²) >= 11 is -1.02. The van der Waals surface area contributed by atoms with Crippen LogP contribution in [0.15, 0.2) is 56.6 Å². The zero-order valence-electron chi connectivity index (χ0n) is 16.5. The summed E-state index contributed by atoms with van der Waals surface area (Å²) in [6.45, 7) is 11.4. The van der Waals surface area contributed by atoms with Crippen molar-refractivity contribution in [3.05, 3.63) is 79.0 Å². The molecule has 27 heavy (non-hydrogen) atoms. The molecule has 2 aliphatic carbocycles. The van der Waals surface area contributed by atoms with E-state index in [2.05, 4.69) is 81.8 Å². The number of benzene rings is 1. The monoisotopic (exact) mass is 565 g/mol. The number of halogens is 2. The molecular weight excluding hydrogens is 540 g/mol. The summed E-state index contributed by atoms with van der Waals surface area (Å²) in [5.74, 6) is 0. The average Bonchev–Trinajstić information content (AvgIpc) is 3.19. The maximum atomic E-state index is 2.45. The van der Waals surface area contributed by atoms with E-state index in [0.29, 0.717) is 3.67 Å². The van der Waals surface area contributed by atoms with Crippen molar-refractivity contribution in [1.82, 2.24) is 4.57 Å². The van der Waals surface area contributed by atoms with Gasteiger partial charge in [0, 0.05) is 0 Å². The molecule has 0 saturated heterocycles. The smallest absolute Gasteiger partial charge is 1.00 e. The molecule has 0 amide bonds. The Morgan fingerprint density at radius 3 is 2.26 bits per heavy atom. The Labute approximate surface area is 186 Å². The molecule has 1 atom stereocenters. The van der Waals surface area contributed by atoms with E-state index in [1.807, 2.05) is 3.33 Å². The third-order valence-corrected chi connectivity index (χ3v) is 12.2. The molecular formula is C23H25Cl2HfN. The van der Waals surface area contributed by atoms with Crippen molar-refractivity contribution < 1.29 is 47.7 Å². The molecule has 1 aromatic carbocycles. The maximum Gasteiger partial charge on any atom is -1.00 e. The quantitative estimate of drug-likeness (QED) is 0.472. The molecule has 1 unspecified atom stereocenters. The number of aromatic nitrogens is 1. The molecule has 140 valence electrons. The second kappa shape index (κ2) is 8.68. The van der Waals surface area contributed by atoms with E-state index in [0.717, 1.165) is 0 Å². The van der Waals surface area contributed by atoms with Crippen molar-refractivity contribution in [2.75, 3.05) is 0 Å². The van der Waals surface area contributed by atoms with Gasteiger partial charge in [0.05, 0.1) is 0 Å². The molecule has 1 nitrogen and oxygen atoms in total.